The third-order valence-corrected chi connectivity index (χ3v) is 4.83. The molecule has 6 N–H and O–H groups in total. The lowest BCUT2D eigenvalue weighted by atomic mass is 10.1. The predicted molar refractivity (Wildman–Crippen MR) is 120 cm³/mol. The summed E-state index contributed by atoms with van der Waals surface area (Å²) in [7, 11) is 0. The van der Waals surface area contributed by atoms with Gasteiger partial charge in [-0.25, -0.2) is 4.79 Å². The normalized spacial score (nSPS) is 11.1. The molecule has 2 amide bonds. The number of nitrogens with two attached hydrogens (primary N) is 2. The van der Waals surface area contributed by atoms with Crippen molar-refractivity contribution in [3.8, 4) is 5.69 Å². The fourth-order valence-corrected chi connectivity index (χ4v) is 3.10. The molecule has 11 heteroatoms. The van der Waals surface area contributed by atoms with Crippen molar-refractivity contribution in [1.82, 2.24) is 19.8 Å². The van der Waals surface area contributed by atoms with E-state index in [-0.39, 0.29) is 5.91 Å². The van der Waals surface area contributed by atoms with Gasteiger partial charge in [-0.2, -0.15) is 4.98 Å². The maximum Gasteiger partial charge on any atom is 0.354 e. The molecule has 0 bridgehead atoms. The van der Waals surface area contributed by atoms with Gasteiger partial charge >= 0.3 is 5.69 Å². The molecular formula is C20H28ClN7O3. The van der Waals surface area contributed by atoms with Gasteiger partial charge in [0.2, 0.25) is 12.3 Å². The molecule has 10 nitrogen and oxygen atoms in total. The molecule has 0 saturated heterocycles. The third-order valence-electron chi connectivity index (χ3n) is 4.47. The smallest absolute Gasteiger partial charge is 0.354 e. The van der Waals surface area contributed by atoms with Crippen LogP contribution in [0.4, 0.5) is 5.82 Å². The number of hydrogen-bond donors (Lipinski definition) is 4. The van der Waals surface area contributed by atoms with Crippen molar-refractivity contribution in [2.24, 2.45) is 11.5 Å². The number of anilines is 1. The highest BCUT2D eigenvalue weighted by molar-refractivity contribution is 6.31. The van der Waals surface area contributed by atoms with Gasteiger partial charge in [0.15, 0.2) is 0 Å². The summed E-state index contributed by atoms with van der Waals surface area (Å²) in [6.45, 7) is 4.84. The molecule has 0 aliphatic rings. The number of carbonyl (C=O) groups is 2. The zero-order chi connectivity index (χ0) is 23.0. The number of nitrogens with one attached hydrogen (secondary N) is 2. The van der Waals surface area contributed by atoms with Gasteiger partial charge in [0.1, 0.15) is 5.82 Å². The van der Waals surface area contributed by atoms with Crippen LogP contribution in [0.2, 0.25) is 5.02 Å². The SMILES string of the molecule is CC(C)(N)C(=O)N(CCNC=O)CCNc1ccn(-c2ccc(CN)c(Cl)c2)c(=O)n1. The standard InChI is InChI=1S/C20H28ClN7O3/c1-20(2,23)18(30)27(9-6-24-13-29)10-7-25-17-5-8-28(19(31)26-17)15-4-3-14(12-22)16(21)11-15/h3-5,8,11,13H,6-7,9-10,12,22-23H2,1-2H3,(H,24,29)(H,25,26,31). The number of nitrogens with zero attached hydrogens (tertiary/aromatic N) is 3. The van der Waals surface area contributed by atoms with Crippen LogP contribution in [0.15, 0.2) is 35.3 Å². The topological polar surface area (TPSA) is 148 Å². The molecule has 168 valence electrons. The van der Waals surface area contributed by atoms with E-state index in [0.717, 1.165) is 5.56 Å². The van der Waals surface area contributed by atoms with E-state index in [2.05, 4.69) is 15.6 Å². The van der Waals surface area contributed by atoms with Crippen LogP contribution < -0.4 is 27.8 Å². The number of carbonyl (C=O) groups excluding carboxylic acids is 2. The van der Waals surface area contributed by atoms with Crippen LogP contribution in [0, 0.1) is 0 Å². The first-order chi connectivity index (χ1) is 14.7. The average Bonchev–Trinajstić information content (AvgIpc) is 2.71. The number of benzene rings is 1. The Morgan fingerprint density at radius 1 is 1.29 bits per heavy atom. The molecule has 2 rings (SSSR count). The largest absolute Gasteiger partial charge is 0.368 e. The number of hydrogen-bond acceptors (Lipinski definition) is 7. The maximum absolute atomic E-state index is 12.5. The van der Waals surface area contributed by atoms with E-state index in [1.54, 1.807) is 49.2 Å². The molecule has 0 spiro atoms. The summed E-state index contributed by atoms with van der Waals surface area (Å²) in [6, 6.07) is 6.82. The van der Waals surface area contributed by atoms with Gasteiger partial charge in [-0.05, 0) is 37.6 Å². The Hall–Kier alpha value is -2.95. The minimum Gasteiger partial charge on any atom is -0.368 e. The Balaban J connectivity index is 2.05. The summed E-state index contributed by atoms with van der Waals surface area (Å²) < 4.78 is 1.37. The second-order valence-corrected chi connectivity index (χ2v) is 7.87. The molecular weight excluding hydrogens is 422 g/mol. The number of amides is 2. The zero-order valence-electron chi connectivity index (χ0n) is 17.6. The highest BCUT2D eigenvalue weighted by Gasteiger charge is 2.27. The van der Waals surface area contributed by atoms with Crippen LogP contribution in [0.5, 0.6) is 0 Å². The quantitative estimate of drug-likeness (QED) is 0.280. The van der Waals surface area contributed by atoms with Gasteiger partial charge < -0.3 is 27.0 Å². The molecule has 1 aromatic carbocycles. The Bertz CT molecular complexity index is 972. The monoisotopic (exact) mass is 449 g/mol. The summed E-state index contributed by atoms with van der Waals surface area (Å²) in [5, 5.41) is 6.03. The van der Waals surface area contributed by atoms with Crippen molar-refractivity contribution in [2.45, 2.75) is 25.9 Å². The van der Waals surface area contributed by atoms with Gasteiger partial charge in [-0.15, -0.1) is 0 Å². The van der Waals surface area contributed by atoms with Gasteiger partial charge in [-0.3, -0.25) is 14.2 Å². The van der Waals surface area contributed by atoms with E-state index < -0.39 is 11.2 Å². The molecule has 0 aliphatic carbocycles. The molecule has 0 atom stereocenters. The minimum atomic E-state index is -1.04. The second-order valence-electron chi connectivity index (χ2n) is 7.46. The molecule has 0 saturated carbocycles. The minimum absolute atomic E-state index is 0.247. The first-order valence-corrected chi connectivity index (χ1v) is 10.1. The highest BCUT2D eigenvalue weighted by Crippen LogP contribution is 2.19. The van der Waals surface area contributed by atoms with Crippen molar-refractivity contribution < 1.29 is 9.59 Å². The Kier molecular flexibility index (Phi) is 8.55. The van der Waals surface area contributed by atoms with E-state index in [9.17, 15) is 14.4 Å². The van der Waals surface area contributed by atoms with Crippen LogP contribution in [-0.2, 0) is 16.1 Å². The Morgan fingerprint density at radius 3 is 2.58 bits per heavy atom. The van der Waals surface area contributed by atoms with E-state index in [4.69, 9.17) is 23.1 Å². The number of halogens is 1. The fourth-order valence-electron chi connectivity index (χ4n) is 2.85. The Morgan fingerprint density at radius 2 is 2.00 bits per heavy atom. The van der Waals surface area contributed by atoms with Crippen LogP contribution in [-0.4, -0.2) is 58.5 Å². The van der Waals surface area contributed by atoms with Gasteiger partial charge in [0, 0.05) is 43.9 Å². The van der Waals surface area contributed by atoms with Crippen molar-refractivity contribution in [2.75, 3.05) is 31.5 Å². The summed E-state index contributed by atoms with van der Waals surface area (Å²) in [5.41, 5.74) is 11.4. The van der Waals surface area contributed by atoms with Gasteiger partial charge in [-0.1, -0.05) is 17.7 Å². The lowest BCUT2D eigenvalue weighted by molar-refractivity contribution is -0.135. The van der Waals surface area contributed by atoms with Crippen molar-refractivity contribution in [3.63, 3.8) is 0 Å². The van der Waals surface area contributed by atoms with Crippen LogP contribution in [0.3, 0.4) is 0 Å². The number of rotatable bonds is 11. The van der Waals surface area contributed by atoms with E-state index >= 15 is 0 Å². The third kappa shape index (κ3) is 6.78. The molecule has 0 fully saturated rings. The summed E-state index contributed by atoms with van der Waals surface area (Å²) in [4.78, 5) is 41.0. The van der Waals surface area contributed by atoms with E-state index in [1.165, 1.54) is 4.57 Å². The Labute approximate surface area is 185 Å². The molecule has 31 heavy (non-hydrogen) atoms. The summed E-state index contributed by atoms with van der Waals surface area (Å²) >= 11 is 6.17. The van der Waals surface area contributed by atoms with Crippen molar-refractivity contribution in [3.05, 3.63) is 51.5 Å². The molecule has 0 unspecified atom stereocenters. The van der Waals surface area contributed by atoms with Crippen LogP contribution in [0.1, 0.15) is 19.4 Å². The van der Waals surface area contributed by atoms with E-state index in [0.29, 0.717) is 55.7 Å². The molecule has 1 heterocycles. The van der Waals surface area contributed by atoms with Crippen molar-refractivity contribution >= 4 is 29.7 Å². The van der Waals surface area contributed by atoms with E-state index in [1.807, 2.05) is 0 Å². The van der Waals surface area contributed by atoms with Crippen LogP contribution in [0.25, 0.3) is 5.69 Å². The lowest BCUT2D eigenvalue weighted by Crippen LogP contribution is -2.53. The first-order valence-electron chi connectivity index (χ1n) is 9.75. The van der Waals surface area contributed by atoms with Crippen molar-refractivity contribution in [1.29, 1.82) is 0 Å². The highest BCUT2D eigenvalue weighted by atomic mass is 35.5. The molecule has 0 radical (unpaired) electrons. The summed E-state index contributed by atoms with van der Waals surface area (Å²) in [5.74, 6) is 0.125. The predicted octanol–water partition coefficient (Wildman–Crippen LogP) is 0.0684. The molecule has 2 aromatic rings. The molecule has 0 aliphatic heterocycles. The fraction of sp³-hybridized carbons (Fsp3) is 0.400. The van der Waals surface area contributed by atoms with Gasteiger partial charge in [0.25, 0.3) is 0 Å². The number of aromatic nitrogens is 2. The summed E-state index contributed by atoms with van der Waals surface area (Å²) in [6.07, 6.45) is 2.16. The molecule has 1 aromatic heterocycles. The second kappa shape index (κ2) is 10.9. The maximum atomic E-state index is 12.5. The first kappa shape index (κ1) is 24.3. The zero-order valence-corrected chi connectivity index (χ0v) is 18.4. The lowest BCUT2D eigenvalue weighted by Gasteiger charge is -2.29. The average molecular weight is 450 g/mol. The van der Waals surface area contributed by atoms with Crippen LogP contribution >= 0.6 is 11.6 Å². The van der Waals surface area contributed by atoms with Gasteiger partial charge in [0.05, 0.1) is 11.2 Å².